The van der Waals surface area contributed by atoms with Crippen molar-refractivity contribution in [3.8, 4) is 6.07 Å². The van der Waals surface area contributed by atoms with E-state index in [9.17, 15) is 4.79 Å². The Morgan fingerprint density at radius 1 is 1.44 bits per heavy atom. The summed E-state index contributed by atoms with van der Waals surface area (Å²) in [5, 5.41) is 18.0. The van der Waals surface area contributed by atoms with Crippen LogP contribution >= 0.6 is 0 Å². The number of allylic oxidation sites excluding steroid dienone is 1. The molecular formula is C15H15NO2. The second-order valence-corrected chi connectivity index (χ2v) is 5.22. The molecule has 0 amide bonds. The van der Waals surface area contributed by atoms with Crippen LogP contribution in [-0.4, -0.2) is 11.1 Å². The molecule has 1 aromatic rings. The third-order valence-corrected chi connectivity index (χ3v) is 3.74. The van der Waals surface area contributed by atoms with Crippen LogP contribution in [0, 0.1) is 28.6 Å². The van der Waals surface area contributed by atoms with Crippen LogP contribution in [0.25, 0.3) is 6.08 Å². The lowest BCUT2D eigenvalue weighted by Gasteiger charge is -1.98. The second-order valence-electron chi connectivity index (χ2n) is 5.22. The fraction of sp³-hybridized carbons (Fsp3) is 0.333. The lowest BCUT2D eigenvalue weighted by atomic mass is 10.1. The minimum Gasteiger partial charge on any atom is -0.481 e. The van der Waals surface area contributed by atoms with E-state index in [-0.39, 0.29) is 17.3 Å². The lowest BCUT2D eigenvalue weighted by Crippen LogP contribution is -2.02. The van der Waals surface area contributed by atoms with Crippen LogP contribution in [0.1, 0.15) is 25.0 Å². The Morgan fingerprint density at radius 3 is 2.67 bits per heavy atom. The van der Waals surface area contributed by atoms with Crippen molar-refractivity contribution in [1.29, 1.82) is 5.26 Å². The molecule has 0 aliphatic heterocycles. The molecule has 0 heterocycles. The van der Waals surface area contributed by atoms with E-state index >= 15 is 0 Å². The Morgan fingerprint density at radius 2 is 2.11 bits per heavy atom. The van der Waals surface area contributed by atoms with Crippen LogP contribution in [0.15, 0.2) is 30.3 Å². The normalized spacial score (nSPS) is 24.7. The number of nitrogens with zero attached hydrogens (tertiary/aromatic N) is 1. The van der Waals surface area contributed by atoms with Gasteiger partial charge in [-0.2, -0.15) is 5.26 Å². The van der Waals surface area contributed by atoms with Crippen molar-refractivity contribution in [3.63, 3.8) is 0 Å². The molecule has 1 aromatic carbocycles. The predicted molar refractivity (Wildman–Crippen MR) is 68.6 cm³/mol. The maximum absolute atomic E-state index is 11.0. The molecule has 18 heavy (non-hydrogen) atoms. The van der Waals surface area contributed by atoms with Crippen molar-refractivity contribution >= 4 is 12.0 Å². The van der Waals surface area contributed by atoms with Crippen molar-refractivity contribution in [1.82, 2.24) is 0 Å². The zero-order valence-electron chi connectivity index (χ0n) is 10.4. The van der Waals surface area contributed by atoms with Crippen LogP contribution in [0.5, 0.6) is 0 Å². The Hall–Kier alpha value is -2.08. The van der Waals surface area contributed by atoms with Gasteiger partial charge in [0.25, 0.3) is 0 Å². The van der Waals surface area contributed by atoms with Crippen molar-refractivity contribution in [2.45, 2.75) is 13.8 Å². The van der Waals surface area contributed by atoms with Gasteiger partial charge < -0.3 is 5.11 Å². The van der Waals surface area contributed by atoms with Gasteiger partial charge in [0.1, 0.15) is 0 Å². The molecule has 0 spiro atoms. The molecular weight excluding hydrogens is 226 g/mol. The number of hydrogen-bond acceptors (Lipinski definition) is 2. The number of benzene rings is 1. The fourth-order valence-electron chi connectivity index (χ4n) is 2.46. The summed E-state index contributed by atoms with van der Waals surface area (Å²) in [6.45, 7) is 3.91. The molecule has 2 atom stereocenters. The van der Waals surface area contributed by atoms with Crippen molar-refractivity contribution in [2.75, 3.05) is 0 Å². The van der Waals surface area contributed by atoms with Gasteiger partial charge in [0.2, 0.25) is 0 Å². The van der Waals surface area contributed by atoms with Crippen molar-refractivity contribution < 1.29 is 9.90 Å². The van der Waals surface area contributed by atoms with E-state index in [4.69, 9.17) is 10.4 Å². The Bertz CT molecular complexity index is 552. The number of carboxylic acid groups (broad SMARTS) is 1. The third kappa shape index (κ3) is 2.02. The molecule has 3 heteroatoms. The van der Waals surface area contributed by atoms with Crippen LogP contribution in [0.4, 0.5) is 0 Å². The molecule has 2 unspecified atom stereocenters. The van der Waals surface area contributed by atoms with E-state index in [1.54, 1.807) is 6.07 Å². The monoisotopic (exact) mass is 241 g/mol. The first-order valence-electron chi connectivity index (χ1n) is 5.88. The predicted octanol–water partition coefficient (Wildman–Crippen LogP) is 2.93. The highest BCUT2D eigenvalue weighted by atomic mass is 16.4. The molecule has 1 saturated carbocycles. The van der Waals surface area contributed by atoms with E-state index in [1.807, 2.05) is 44.2 Å². The maximum Gasteiger partial charge on any atom is 0.307 e. The Balaban J connectivity index is 2.19. The molecule has 0 aromatic heterocycles. The van der Waals surface area contributed by atoms with Gasteiger partial charge in [-0.1, -0.05) is 44.2 Å². The van der Waals surface area contributed by atoms with Gasteiger partial charge in [0.15, 0.2) is 0 Å². The average molecular weight is 241 g/mol. The highest BCUT2D eigenvalue weighted by Crippen LogP contribution is 2.59. The lowest BCUT2D eigenvalue weighted by molar-refractivity contribution is -0.139. The second kappa shape index (κ2) is 4.30. The summed E-state index contributed by atoms with van der Waals surface area (Å²) in [5.41, 5.74) is 1.26. The van der Waals surface area contributed by atoms with Gasteiger partial charge in [-0.15, -0.1) is 0 Å². The molecule has 0 bridgehead atoms. The van der Waals surface area contributed by atoms with E-state index in [0.29, 0.717) is 5.56 Å². The minimum absolute atomic E-state index is 0.0433. The summed E-state index contributed by atoms with van der Waals surface area (Å²) in [4.78, 5) is 11.0. The summed E-state index contributed by atoms with van der Waals surface area (Å²) < 4.78 is 0. The van der Waals surface area contributed by atoms with E-state index in [2.05, 4.69) is 6.07 Å². The number of aliphatic carboxylic acids is 1. The van der Waals surface area contributed by atoms with Crippen LogP contribution in [-0.2, 0) is 4.79 Å². The third-order valence-electron chi connectivity index (χ3n) is 3.74. The fourth-order valence-corrected chi connectivity index (χ4v) is 2.46. The summed E-state index contributed by atoms with van der Waals surface area (Å²) in [7, 11) is 0. The topological polar surface area (TPSA) is 61.1 Å². The van der Waals surface area contributed by atoms with Crippen LogP contribution in [0.3, 0.4) is 0 Å². The zero-order valence-corrected chi connectivity index (χ0v) is 10.4. The molecule has 3 nitrogen and oxygen atoms in total. The number of rotatable bonds is 3. The molecule has 2 rings (SSSR count). The van der Waals surface area contributed by atoms with Crippen molar-refractivity contribution in [2.24, 2.45) is 17.3 Å². The van der Waals surface area contributed by atoms with Crippen molar-refractivity contribution in [3.05, 3.63) is 41.5 Å². The van der Waals surface area contributed by atoms with Crippen LogP contribution < -0.4 is 0 Å². The van der Waals surface area contributed by atoms with E-state index < -0.39 is 5.97 Å². The summed E-state index contributed by atoms with van der Waals surface area (Å²) in [6, 6.07) is 9.43. The number of carboxylic acids is 1. The van der Waals surface area contributed by atoms with Gasteiger partial charge in [-0.05, 0) is 23.0 Å². The quantitative estimate of drug-likeness (QED) is 0.885. The molecule has 92 valence electrons. The van der Waals surface area contributed by atoms with Gasteiger partial charge in [-0.25, -0.2) is 0 Å². The average Bonchev–Trinajstić information content (AvgIpc) is 2.89. The standard InChI is InChI=1S/C15H15NO2/c1-15(2)12(13(15)14(17)18)8-7-10-5-3-4-6-11(10)9-16/h3-8,12-13H,1-2H3,(H,17,18)/b8-7+. The number of hydrogen-bond donors (Lipinski definition) is 1. The SMILES string of the molecule is CC1(C)C(/C=C/c2ccccc2C#N)C1C(=O)O. The summed E-state index contributed by atoms with van der Waals surface area (Å²) >= 11 is 0. The Kier molecular flexibility index (Phi) is 2.96. The molecule has 1 aliphatic rings. The van der Waals surface area contributed by atoms with Gasteiger partial charge >= 0.3 is 5.97 Å². The van der Waals surface area contributed by atoms with E-state index in [0.717, 1.165) is 5.56 Å². The Labute approximate surface area is 106 Å². The smallest absolute Gasteiger partial charge is 0.307 e. The maximum atomic E-state index is 11.0. The largest absolute Gasteiger partial charge is 0.481 e. The highest BCUT2D eigenvalue weighted by molar-refractivity contribution is 5.76. The van der Waals surface area contributed by atoms with E-state index in [1.165, 1.54) is 0 Å². The molecule has 0 saturated heterocycles. The zero-order chi connectivity index (χ0) is 13.3. The highest BCUT2D eigenvalue weighted by Gasteiger charge is 2.60. The van der Waals surface area contributed by atoms with Crippen LogP contribution in [0.2, 0.25) is 0 Å². The first kappa shape index (κ1) is 12.4. The van der Waals surface area contributed by atoms with Gasteiger partial charge in [0.05, 0.1) is 17.6 Å². The molecule has 1 fully saturated rings. The summed E-state index contributed by atoms with van der Waals surface area (Å²) in [5.74, 6) is -1.02. The molecule has 1 N–H and O–H groups in total. The minimum atomic E-state index is -0.747. The summed E-state index contributed by atoms with van der Waals surface area (Å²) in [6.07, 6.45) is 3.77. The number of nitriles is 1. The molecule has 0 radical (unpaired) electrons. The van der Waals surface area contributed by atoms with Gasteiger partial charge in [0, 0.05) is 0 Å². The first-order valence-corrected chi connectivity index (χ1v) is 5.88. The molecule has 1 aliphatic carbocycles. The van der Waals surface area contributed by atoms with Gasteiger partial charge in [-0.3, -0.25) is 4.79 Å². The first-order chi connectivity index (χ1) is 8.48. The number of carbonyl (C=O) groups is 1.